The molecule has 0 saturated heterocycles. The highest BCUT2D eigenvalue weighted by atomic mass is 79.9. The molecule has 4 heteroatoms. The first-order valence-electron chi connectivity index (χ1n) is 7.33. The largest absolute Gasteiger partial charge is 0.371 e. The number of nitrogens with zero attached hydrogens (tertiary/aromatic N) is 3. The summed E-state index contributed by atoms with van der Waals surface area (Å²) in [6.07, 6.45) is 1.12. The molecule has 20 heavy (non-hydrogen) atoms. The van der Waals surface area contributed by atoms with Crippen molar-refractivity contribution < 1.29 is 0 Å². The Morgan fingerprint density at radius 2 is 1.80 bits per heavy atom. The van der Waals surface area contributed by atoms with Crippen molar-refractivity contribution in [2.75, 3.05) is 37.6 Å². The number of benzene rings is 1. The van der Waals surface area contributed by atoms with Crippen LogP contribution in [0.3, 0.4) is 0 Å². The molecule has 0 unspecified atom stereocenters. The second-order valence-corrected chi connectivity index (χ2v) is 5.65. The van der Waals surface area contributed by atoms with E-state index in [9.17, 15) is 5.26 Å². The third-order valence-corrected chi connectivity index (χ3v) is 4.09. The van der Waals surface area contributed by atoms with Crippen LogP contribution in [-0.4, -0.2) is 37.6 Å². The van der Waals surface area contributed by atoms with Gasteiger partial charge in [0, 0.05) is 17.6 Å². The Balaban J connectivity index is 2.71. The first-order valence-corrected chi connectivity index (χ1v) is 8.12. The summed E-state index contributed by atoms with van der Waals surface area (Å²) in [6.45, 7) is 11.7. The molecule has 0 amide bonds. The maximum Gasteiger partial charge on any atom is 0.101 e. The Labute approximate surface area is 131 Å². The summed E-state index contributed by atoms with van der Waals surface area (Å²) in [5.41, 5.74) is 1.78. The number of halogens is 1. The molecule has 0 aliphatic heterocycles. The number of hydrogen-bond donors (Lipinski definition) is 0. The quantitative estimate of drug-likeness (QED) is 0.721. The first kappa shape index (κ1) is 17.0. The summed E-state index contributed by atoms with van der Waals surface area (Å²) < 4.78 is 1.02. The van der Waals surface area contributed by atoms with Crippen LogP contribution in [0.4, 0.5) is 5.69 Å². The number of hydrogen-bond acceptors (Lipinski definition) is 3. The maximum absolute atomic E-state index is 9.24. The fourth-order valence-electron chi connectivity index (χ4n) is 2.33. The zero-order valence-corrected chi connectivity index (χ0v) is 14.3. The van der Waals surface area contributed by atoms with Crippen LogP contribution in [0.15, 0.2) is 22.7 Å². The SMILES string of the molecule is CCN(CC)CCCN(CC)c1cc(Br)ccc1C#N. The van der Waals surface area contributed by atoms with Crippen molar-refractivity contribution >= 4 is 21.6 Å². The highest BCUT2D eigenvalue weighted by Crippen LogP contribution is 2.24. The van der Waals surface area contributed by atoms with Crippen molar-refractivity contribution in [3.05, 3.63) is 28.2 Å². The van der Waals surface area contributed by atoms with Crippen molar-refractivity contribution in [3.63, 3.8) is 0 Å². The molecule has 110 valence electrons. The van der Waals surface area contributed by atoms with E-state index in [0.717, 1.165) is 54.9 Å². The number of anilines is 1. The van der Waals surface area contributed by atoms with Gasteiger partial charge in [-0.2, -0.15) is 5.26 Å². The second-order valence-electron chi connectivity index (χ2n) is 4.73. The predicted molar refractivity (Wildman–Crippen MR) is 89.1 cm³/mol. The average Bonchev–Trinajstić information content (AvgIpc) is 2.47. The first-order chi connectivity index (χ1) is 9.65. The molecular weight excluding hydrogens is 314 g/mol. The van der Waals surface area contributed by atoms with Gasteiger partial charge >= 0.3 is 0 Å². The van der Waals surface area contributed by atoms with Crippen LogP contribution in [0.2, 0.25) is 0 Å². The van der Waals surface area contributed by atoms with Gasteiger partial charge in [0.1, 0.15) is 6.07 Å². The van der Waals surface area contributed by atoms with Gasteiger partial charge in [-0.15, -0.1) is 0 Å². The van der Waals surface area contributed by atoms with E-state index in [1.807, 2.05) is 18.2 Å². The summed E-state index contributed by atoms with van der Waals surface area (Å²) in [5, 5.41) is 9.24. The molecule has 3 nitrogen and oxygen atoms in total. The molecule has 1 aromatic rings. The minimum Gasteiger partial charge on any atom is -0.371 e. The van der Waals surface area contributed by atoms with Gasteiger partial charge in [-0.05, 0) is 51.2 Å². The van der Waals surface area contributed by atoms with E-state index in [-0.39, 0.29) is 0 Å². The average molecular weight is 338 g/mol. The lowest BCUT2D eigenvalue weighted by molar-refractivity contribution is 0.301. The highest BCUT2D eigenvalue weighted by Gasteiger charge is 2.10. The molecule has 0 aliphatic carbocycles. The standard InChI is InChI=1S/C16H24BrN3/c1-4-19(5-2)10-7-11-20(6-3)16-12-15(17)9-8-14(16)13-18/h8-9,12H,4-7,10-11H2,1-3H3. The van der Waals surface area contributed by atoms with Crippen LogP contribution in [0.5, 0.6) is 0 Å². The Bertz CT molecular complexity index is 450. The molecule has 0 atom stereocenters. The third kappa shape index (κ3) is 4.81. The van der Waals surface area contributed by atoms with Gasteiger partial charge in [-0.3, -0.25) is 0 Å². The molecule has 0 N–H and O–H groups in total. The molecule has 0 heterocycles. The van der Waals surface area contributed by atoms with Crippen LogP contribution in [0.25, 0.3) is 0 Å². The van der Waals surface area contributed by atoms with Crippen molar-refractivity contribution in [2.24, 2.45) is 0 Å². The fourth-order valence-corrected chi connectivity index (χ4v) is 2.68. The zero-order chi connectivity index (χ0) is 15.0. The van der Waals surface area contributed by atoms with Crippen LogP contribution < -0.4 is 4.90 Å². The smallest absolute Gasteiger partial charge is 0.101 e. The lowest BCUT2D eigenvalue weighted by atomic mass is 10.1. The summed E-state index contributed by atoms with van der Waals surface area (Å²) in [6, 6.07) is 8.13. The summed E-state index contributed by atoms with van der Waals surface area (Å²) in [4.78, 5) is 4.72. The Kier molecular flexibility index (Phi) is 7.64. The normalized spacial score (nSPS) is 10.6. The van der Waals surface area contributed by atoms with Gasteiger partial charge in [0.05, 0.1) is 11.3 Å². The summed E-state index contributed by atoms with van der Waals surface area (Å²) in [5.74, 6) is 0. The number of nitriles is 1. The van der Waals surface area contributed by atoms with Gasteiger partial charge in [0.25, 0.3) is 0 Å². The van der Waals surface area contributed by atoms with E-state index in [4.69, 9.17) is 0 Å². The molecule has 1 rings (SSSR count). The molecule has 0 saturated carbocycles. The van der Waals surface area contributed by atoms with E-state index in [1.54, 1.807) is 0 Å². The van der Waals surface area contributed by atoms with E-state index in [0.29, 0.717) is 0 Å². The summed E-state index contributed by atoms with van der Waals surface area (Å²) in [7, 11) is 0. The highest BCUT2D eigenvalue weighted by molar-refractivity contribution is 9.10. The van der Waals surface area contributed by atoms with Gasteiger partial charge in [-0.1, -0.05) is 29.8 Å². The Morgan fingerprint density at radius 3 is 2.35 bits per heavy atom. The van der Waals surface area contributed by atoms with Gasteiger partial charge < -0.3 is 9.80 Å². The van der Waals surface area contributed by atoms with E-state index in [2.05, 4.69) is 52.6 Å². The van der Waals surface area contributed by atoms with Gasteiger partial charge in [0.15, 0.2) is 0 Å². The van der Waals surface area contributed by atoms with Crippen molar-refractivity contribution in [3.8, 4) is 6.07 Å². The predicted octanol–water partition coefficient (Wildman–Crippen LogP) is 3.88. The molecule has 0 aromatic heterocycles. The molecule has 0 radical (unpaired) electrons. The Morgan fingerprint density at radius 1 is 1.10 bits per heavy atom. The van der Waals surface area contributed by atoms with Crippen molar-refractivity contribution in [1.29, 1.82) is 5.26 Å². The fraction of sp³-hybridized carbons (Fsp3) is 0.562. The van der Waals surface area contributed by atoms with E-state index < -0.39 is 0 Å². The second kappa shape index (κ2) is 8.99. The minimum absolute atomic E-state index is 0.748. The number of rotatable bonds is 8. The van der Waals surface area contributed by atoms with E-state index in [1.165, 1.54) is 0 Å². The lowest BCUT2D eigenvalue weighted by Crippen LogP contribution is -2.30. The third-order valence-electron chi connectivity index (χ3n) is 3.60. The zero-order valence-electron chi connectivity index (χ0n) is 12.7. The maximum atomic E-state index is 9.24. The van der Waals surface area contributed by atoms with Crippen LogP contribution in [0, 0.1) is 11.3 Å². The topological polar surface area (TPSA) is 30.3 Å². The Hall–Kier alpha value is -1.05. The lowest BCUT2D eigenvalue weighted by Gasteiger charge is -2.26. The molecule has 0 fully saturated rings. The minimum atomic E-state index is 0.748. The molecular formula is C16H24BrN3. The van der Waals surface area contributed by atoms with Crippen LogP contribution >= 0.6 is 15.9 Å². The van der Waals surface area contributed by atoms with E-state index >= 15 is 0 Å². The summed E-state index contributed by atoms with van der Waals surface area (Å²) >= 11 is 3.49. The van der Waals surface area contributed by atoms with Crippen molar-refractivity contribution in [1.82, 2.24) is 4.90 Å². The monoisotopic (exact) mass is 337 g/mol. The van der Waals surface area contributed by atoms with Gasteiger partial charge in [0.2, 0.25) is 0 Å². The molecule has 1 aromatic carbocycles. The molecule has 0 bridgehead atoms. The molecule has 0 aliphatic rings. The van der Waals surface area contributed by atoms with Crippen LogP contribution in [-0.2, 0) is 0 Å². The molecule has 0 spiro atoms. The van der Waals surface area contributed by atoms with Crippen LogP contribution in [0.1, 0.15) is 32.8 Å². The van der Waals surface area contributed by atoms with Gasteiger partial charge in [-0.25, -0.2) is 0 Å². The van der Waals surface area contributed by atoms with Crippen molar-refractivity contribution in [2.45, 2.75) is 27.2 Å².